The molecule has 4 atom stereocenters. The van der Waals surface area contributed by atoms with Crippen molar-refractivity contribution in [1.29, 1.82) is 0 Å². The zero-order valence-electron chi connectivity index (χ0n) is 11.8. The highest BCUT2D eigenvalue weighted by molar-refractivity contribution is 5.77. The highest BCUT2D eigenvalue weighted by Crippen LogP contribution is 2.28. The van der Waals surface area contributed by atoms with Crippen molar-refractivity contribution >= 4 is 5.91 Å². The number of rotatable bonds is 4. The molecular weight excluding hydrogens is 212 g/mol. The summed E-state index contributed by atoms with van der Waals surface area (Å²) in [5, 5.41) is 0. The first-order chi connectivity index (χ1) is 7.99. The molecule has 0 bridgehead atoms. The molecule has 2 N–H and O–H groups in total. The van der Waals surface area contributed by atoms with Crippen LogP contribution in [0.4, 0.5) is 0 Å². The van der Waals surface area contributed by atoms with E-state index in [2.05, 4.69) is 32.6 Å². The number of likely N-dealkylation sites (tertiary alicyclic amines) is 1. The Bertz CT molecular complexity index is 251. The van der Waals surface area contributed by atoms with E-state index in [1.54, 1.807) is 0 Å². The van der Waals surface area contributed by atoms with Gasteiger partial charge in [-0.15, -0.1) is 0 Å². The minimum atomic E-state index is 0.299. The molecule has 1 saturated heterocycles. The molecule has 1 aliphatic rings. The lowest BCUT2D eigenvalue weighted by atomic mass is 9.85. The van der Waals surface area contributed by atoms with Gasteiger partial charge in [0.1, 0.15) is 0 Å². The average molecular weight is 240 g/mol. The van der Waals surface area contributed by atoms with E-state index in [9.17, 15) is 4.79 Å². The summed E-state index contributed by atoms with van der Waals surface area (Å²) in [6.07, 6.45) is 2.85. The lowest BCUT2D eigenvalue weighted by Gasteiger charge is -2.41. The van der Waals surface area contributed by atoms with Crippen molar-refractivity contribution in [2.24, 2.45) is 23.5 Å². The Labute approximate surface area is 106 Å². The Kier molecular flexibility index (Phi) is 5.44. The van der Waals surface area contributed by atoms with Crippen LogP contribution in [0.5, 0.6) is 0 Å². The zero-order valence-corrected chi connectivity index (χ0v) is 11.8. The van der Waals surface area contributed by atoms with E-state index in [1.165, 1.54) is 6.42 Å². The third-order valence-corrected chi connectivity index (χ3v) is 4.29. The molecule has 0 saturated carbocycles. The fourth-order valence-corrected chi connectivity index (χ4v) is 2.80. The fourth-order valence-electron chi connectivity index (χ4n) is 2.80. The van der Waals surface area contributed by atoms with Gasteiger partial charge in [0.25, 0.3) is 0 Å². The molecule has 1 fully saturated rings. The van der Waals surface area contributed by atoms with Crippen LogP contribution in [0.25, 0.3) is 0 Å². The number of hydrogen-bond donors (Lipinski definition) is 1. The van der Waals surface area contributed by atoms with E-state index in [0.29, 0.717) is 42.7 Å². The van der Waals surface area contributed by atoms with Crippen molar-refractivity contribution < 1.29 is 4.79 Å². The second-order valence-corrected chi connectivity index (χ2v) is 5.82. The van der Waals surface area contributed by atoms with Crippen LogP contribution in [0.2, 0.25) is 0 Å². The molecule has 1 rings (SSSR count). The smallest absolute Gasteiger partial charge is 0.223 e. The molecule has 4 unspecified atom stereocenters. The van der Waals surface area contributed by atoms with Gasteiger partial charge in [-0.25, -0.2) is 0 Å². The van der Waals surface area contributed by atoms with Gasteiger partial charge in [-0.05, 0) is 37.6 Å². The molecule has 0 aromatic rings. The molecule has 0 spiro atoms. The van der Waals surface area contributed by atoms with Gasteiger partial charge in [0, 0.05) is 19.0 Å². The number of carbonyl (C=O) groups excluding carboxylic acids is 1. The lowest BCUT2D eigenvalue weighted by molar-refractivity contribution is -0.138. The van der Waals surface area contributed by atoms with Gasteiger partial charge in [-0.1, -0.05) is 27.2 Å². The van der Waals surface area contributed by atoms with E-state index in [-0.39, 0.29) is 0 Å². The molecule has 1 amide bonds. The summed E-state index contributed by atoms with van der Waals surface area (Å²) in [6, 6.07) is 0.383. The number of carbonyl (C=O) groups is 1. The van der Waals surface area contributed by atoms with E-state index in [1.807, 2.05) is 0 Å². The maximum absolute atomic E-state index is 12.3. The van der Waals surface area contributed by atoms with Gasteiger partial charge >= 0.3 is 0 Å². The normalized spacial score (nSPS) is 31.4. The Hall–Kier alpha value is -0.570. The highest BCUT2D eigenvalue weighted by atomic mass is 16.2. The standard InChI is InChI=1S/C14H28N2O/c1-5-13(8-15)7-14(17)16-9-10(2)6-11(3)12(16)4/h10-13H,5-9,15H2,1-4H3. The SMILES string of the molecule is CCC(CN)CC(=O)N1CC(C)CC(C)C1C. The van der Waals surface area contributed by atoms with Crippen LogP contribution in [0.15, 0.2) is 0 Å². The zero-order chi connectivity index (χ0) is 13.0. The molecular formula is C14H28N2O. The van der Waals surface area contributed by atoms with Crippen LogP contribution < -0.4 is 5.73 Å². The maximum Gasteiger partial charge on any atom is 0.223 e. The van der Waals surface area contributed by atoms with Gasteiger partial charge in [-0.2, -0.15) is 0 Å². The van der Waals surface area contributed by atoms with Crippen LogP contribution in [0.3, 0.4) is 0 Å². The quantitative estimate of drug-likeness (QED) is 0.819. The third-order valence-electron chi connectivity index (χ3n) is 4.29. The molecule has 1 heterocycles. The van der Waals surface area contributed by atoms with Gasteiger partial charge in [0.2, 0.25) is 5.91 Å². The molecule has 1 aliphatic heterocycles. The number of hydrogen-bond acceptors (Lipinski definition) is 2. The van der Waals surface area contributed by atoms with Crippen LogP contribution in [-0.4, -0.2) is 29.9 Å². The van der Waals surface area contributed by atoms with Crippen molar-refractivity contribution in [2.45, 2.75) is 53.0 Å². The van der Waals surface area contributed by atoms with Gasteiger partial charge < -0.3 is 10.6 Å². The topological polar surface area (TPSA) is 46.3 Å². The number of piperidine rings is 1. The van der Waals surface area contributed by atoms with Crippen LogP contribution in [-0.2, 0) is 4.79 Å². The number of nitrogens with zero attached hydrogens (tertiary/aromatic N) is 1. The summed E-state index contributed by atoms with van der Waals surface area (Å²) < 4.78 is 0. The Morgan fingerprint density at radius 3 is 2.59 bits per heavy atom. The van der Waals surface area contributed by atoms with Crippen LogP contribution >= 0.6 is 0 Å². The Balaban J connectivity index is 2.60. The summed E-state index contributed by atoms with van der Waals surface area (Å²) in [4.78, 5) is 14.4. The average Bonchev–Trinajstić information content (AvgIpc) is 2.30. The molecule has 17 heavy (non-hydrogen) atoms. The minimum Gasteiger partial charge on any atom is -0.339 e. The fraction of sp³-hybridized carbons (Fsp3) is 0.929. The van der Waals surface area contributed by atoms with Crippen LogP contribution in [0, 0.1) is 17.8 Å². The van der Waals surface area contributed by atoms with Crippen molar-refractivity contribution in [3.8, 4) is 0 Å². The second-order valence-electron chi connectivity index (χ2n) is 5.82. The first-order valence-corrected chi connectivity index (χ1v) is 6.99. The van der Waals surface area contributed by atoms with Gasteiger partial charge in [0.15, 0.2) is 0 Å². The monoisotopic (exact) mass is 240 g/mol. The summed E-state index contributed by atoms with van der Waals surface area (Å²) in [7, 11) is 0. The maximum atomic E-state index is 12.3. The van der Waals surface area contributed by atoms with Crippen LogP contribution in [0.1, 0.15) is 47.0 Å². The molecule has 100 valence electrons. The van der Waals surface area contributed by atoms with E-state index in [4.69, 9.17) is 5.73 Å². The minimum absolute atomic E-state index is 0.299. The third kappa shape index (κ3) is 3.70. The molecule has 3 nitrogen and oxygen atoms in total. The Morgan fingerprint density at radius 2 is 2.06 bits per heavy atom. The molecule has 3 heteroatoms. The summed E-state index contributed by atoms with van der Waals surface area (Å²) >= 11 is 0. The Morgan fingerprint density at radius 1 is 1.41 bits per heavy atom. The number of amides is 1. The molecule has 0 aliphatic carbocycles. The molecule has 0 aromatic carbocycles. The number of nitrogens with two attached hydrogens (primary N) is 1. The predicted octanol–water partition coefficient (Wildman–Crippen LogP) is 2.25. The highest BCUT2D eigenvalue weighted by Gasteiger charge is 2.32. The largest absolute Gasteiger partial charge is 0.339 e. The van der Waals surface area contributed by atoms with Gasteiger partial charge in [-0.3, -0.25) is 4.79 Å². The predicted molar refractivity (Wildman–Crippen MR) is 71.6 cm³/mol. The summed E-state index contributed by atoms with van der Waals surface area (Å²) in [5.41, 5.74) is 5.68. The summed E-state index contributed by atoms with van der Waals surface area (Å²) in [5.74, 6) is 1.89. The second kappa shape index (κ2) is 6.39. The lowest BCUT2D eigenvalue weighted by Crippen LogP contribution is -2.49. The van der Waals surface area contributed by atoms with E-state index in [0.717, 1.165) is 13.0 Å². The van der Waals surface area contributed by atoms with Crippen molar-refractivity contribution in [3.63, 3.8) is 0 Å². The first kappa shape index (κ1) is 14.5. The molecule has 0 aromatic heterocycles. The van der Waals surface area contributed by atoms with Crippen molar-refractivity contribution in [1.82, 2.24) is 4.90 Å². The van der Waals surface area contributed by atoms with E-state index >= 15 is 0 Å². The molecule has 0 radical (unpaired) electrons. The van der Waals surface area contributed by atoms with E-state index < -0.39 is 0 Å². The van der Waals surface area contributed by atoms with Crippen molar-refractivity contribution in [2.75, 3.05) is 13.1 Å². The first-order valence-electron chi connectivity index (χ1n) is 6.99. The summed E-state index contributed by atoms with van der Waals surface area (Å²) in [6.45, 7) is 10.3. The van der Waals surface area contributed by atoms with Gasteiger partial charge in [0.05, 0.1) is 0 Å². The van der Waals surface area contributed by atoms with Crippen molar-refractivity contribution in [3.05, 3.63) is 0 Å².